The van der Waals surface area contributed by atoms with Crippen molar-refractivity contribution in [1.82, 2.24) is 0 Å². The first-order valence-corrected chi connectivity index (χ1v) is 7.80. The number of benzene rings is 2. The number of phenolic OH excluding ortho intramolecular Hbond substituents is 1. The number of carbonyl (C=O) groups excluding carboxylic acids is 1. The molecule has 122 valence electrons. The van der Waals surface area contributed by atoms with Crippen LogP contribution in [0.4, 0.5) is 5.69 Å². The second kappa shape index (κ2) is 7.66. The molecule has 0 atom stereocenters. The van der Waals surface area contributed by atoms with E-state index in [0.717, 1.165) is 5.56 Å². The number of ether oxygens (including phenoxy) is 1. The second-order valence-corrected chi connectivity index (χ2v) is 5.89. The molecule has 0 saturated carbocycles. The Kier molecular flexibility index (Phi) is 5.61. The summed E-state index contributed by atoms with van der Waals surface area (Å²) in [4.78, 5) is 12.3. The van der Waals surface area contributed by atoms with Crippen molar-refractivity contribution >= 4 is 33.6 Å². The summed E-state index contributed by atoms with van der Waals surface area (Å²) in [6.45, 7) is 1.95. The molecule has 0 unspecified atom stereocenters. The van der Waals surface area contributed by atoms with E-state index in [1.165, 1.54) is 25.3 Å². The van der Waals surface area contributed by atoms with Crippen molar-refractivity contribution in [2.75, 3.05) is 12.4 Å². The van der Waals surface area contributed by atoms with E-state index in [1.807, 2.05) is 25.1 Å². The Morgan fingerprint density at radius 3 is 2.58 bits per heavy atom. The third-order valence-electron chi connectivity index (χ3n) is 3.27. The molecule has 2 rings (SSSR count). The lowest BCUT2D eigenvalue weighted by atomic mass is 10.1. The maximum Gasteiger partial charge on any atom is 0.266 e. The maximum atomic E-state index is 12.3. The summed E-state index contributed by atoms with van der Waals surface area (Å²) >= 11 is 3.29. The molecule has 2 N–H and O–H groups in total. The number of hydrogen-bond acceptors (Lipinski definition) is 4. The topological polar surface area (TPSA) is 82.3 Å². The minimum absolute atomic E-state index is 0.0378. The van der Waals surface area contributed by atoms with Crippen molar-refractivity contribution in [2.24, 2.45) is 0 Å². The van der Waals surface area contributed by atoms with Crippen molar-refractivity contribution in [3.8, 4) is 17.6 Å². The standard InChI is InChI=1S/C18H15BrN2O3/c1-11-3-5-14(6-4-11)21-18(23)13(10-20)7-12-8-17(24-2)16(22)9-15(12)19/h3-9,22H,1-2H3,(H,21,23). The van der Waals surface area contributed by atoms with Gasteiger partial charge in [-0.25, -0.2) is 0 Å². The number of methoxy groups -OCH3 is 1. The van der Waals surface area contributed by atoms with Gasteiger partial charge < -0.3 is 15.2 Å². The Bertz CT molecular complexity index is 837. The molecule has 0 fully saturated rings. The number of aromatic hydroxyl groups is 1. The molecule has 1 amide bonds. The van der Waals surface area contributed by atoms with E-state index >= 15 is 0 Å². The number of nitrogens with zero attached hydrogens (tertiary/aromatic N) is 1. The predicted octanol–water partition coefficient (Wildman–Crippen LogP) is 4.02. The molecule has 2 aromatic carbocycles. The van der Waals surface area contributed by atoms with Gasteiger partial charge in [0.25, 0.3) is 5.91 Å². The molecule has 0 aliphatic rings. The second-order valence-electron chi connectivity index (χ2n) is 5.04. The van der Waals surface area contributed by atoms with Gasteiger partial charge in [-0.05, 0) is 42.8 Å². The van der Waals surface area contributed by atoms with E-state index in [1.54, 1.807) is 12.1 Å². The van der Waals surface area contributed by atoms with Crippen LogP contribution in [0.5, 0.6) is 11.5 Å². The highest BCUT2D eigenvalue weighted by molar-refractivity contribution is 9.10. The van der Waals surface area contributed by atoms with Crippen LogP contribution in [-0.4, -0.2) is 18.1 Å². The molecular weight excluding hydrogens is 372 g/mol. The summed E-state index contributed by atoms with van der Waals surface area (Å²) in [5.74, 6) is -0.301. The number of amides is 1. The minimum atomic E-state index is -0.514. The lowest BCUT2D eigenvalue weighted by Gasteiger charge is -2.08. The van der Waals surface area contributed by atoms with Crippen LogP contribution in [0, 0.1) is 18.3 Å². The van der Waals surface area contributed by atoms with Gasteiger partial charge in [-0.2, -0.15) is 5.26 Å². The van der Waals surface area contributed by atoms with Crippen LogP contribution >= 0.6 is 15.9 Å². The molecule has 0 aliphatic carbocycles. The molecular formula is C18H15BrN2O3. The van der Waals surface area contributed by atoms with Crippen LogP contribution in [0.15, 0.2) is 46.4 Å². The summed E-state index contributed by atoms with van der Waals surface area (Å²) in [5.41, 5.74) is 2.16. The van der Waals surface area contributed by atoms with Crippen LogP contribution < -0.4 is 10.1 Å². The summed E-state index contributed by atoms with van der Waals surface area (Å²) < 4.78 is 5.58. The van der Waals surface area contributed by atoms with Crippen molar-refractivity contribution in [3.05, 3.63) is 57.6 Å². The highest BCUT2D eigenvalue weighted by atomic mass is 79.9. The largest absolute Gasteiger partial charge is 0.504 e. The fourth-order valence-electron chi connectivity index (χ4n) is 1.97. The van der Waals surface area contributed by atoms with Gasteiger partial charge in [0.15, 0.2) is 11.5 Å². The molecule has 0 heterocycles. The Morgan fingerprint density at radius 2 is 2.00 bits per heavy atom. The fraction of sp³-hybridized carbons (Fsp3) is 0.111. The fourth-order valence-corrected chi connectivity index (χ4v) is 2.42. The normalized spacial score (nSPS) is 10.8. The van der Waals surface area contributed by atoms with Crippen LogP contribution in [0.3, 0.4) is 0 Å². The first kappa shape index (κ1) is 17.6. The van der Waals surface area contributed by atoms with Crippen molar-refractivity contribution < 1.29 is 14.6 Å². The van der Waals surface area contributed by atoms with Gasteiger partial charge in [0.2, 0.25) is 0 Å². The Morgan fingerprint density at radius 1 is 1.33 bits per heavy atom. The first-order valence-electron chi connectivity index (χ1n) is 7.01. The zero-order valence-electron chi connectivity index (χ0n) is 13.1. The molecule has 0 spiro atoms. The molecule has 0 radical (unpaired) electrons. The van der Waals surface area contributed by atoms with E-state index in [0.29, 0.717) is 15.7 Å². The van der Waals surface area contributed by atoms with Gasteiger partial charge in [0.1, 0.15) is 11.6 Å². The monoisotopic (exact) mass is 386 g/mol. The van der Waals surface area contributed by atoms with Crippen molar-refractivity contribution in [3.63, 3.8) is 0 Å². The number of aryl methyl sites for hydroxylation is 1. The van der Waals surface area contributed by atoms with Crippen LogP contribution in [-0.2, 0) is 4.79 Å². The third kappa shape index (κ3) is 4.15. The number of phenols is 1. The Labute approximate surface area is 148 Å². The molecule has 0 bridgehead atoms. The zero-order chi connectivity index (χ0) is 17.7. The van der Waals surface area contributed by atoms with Gasteiger partial charge in [-0.1, -0.05) is 33.6 Å². The average molecular weight is 387 g/mol. The van der Waals surface area contributed by atoms with Gasteiger partial charge in [0.05, 0.1) is 7.11 Å². The van der Waals surface area contributed by atoms with Crippen LogP contribution in [0.1, 0.15) is 11.1 Å². The quantitative estimate of drug-likeness (QED) is 0.613. The molecule has 0 aliphatic heterocycles. The van der Waals surface area contributed by atoms with Crippen molar-refractivity contribution in [1.29, 1.82) is 5.26 Å². The molecule has 2 aromatic rings. The van der Waals surface area contributed by atoms with E-state index in [9.17, 15) is 15.2 Å². The van der Waals surface area contributed by atoms with Crippen LogP contribution in [0.2, 0.25) is 0 Å². The highest BCUT2D eigenvalue weighted by Gasteiger charge is 2.12. The SMILES string of the molecule is COc1cc(C=C(C#N)C(=O)Nc2ccc(C)cc2)c(Br)cc1O. The van der Waals surface area contributed by atoms with Gasteiger partial charge in [0, 0.05) is 10.2 Å². The number of halogens is 1. The number of rotatable bonds is 4. The number of nitrogens with one attached hydrogen (secondary N) is 1. The smallest absolute Gasteiger partial charge is 0.266 e. The van der Waals surface area contributed by atoms with E-state index in [2.05, 4.69) is 21.2 Å². The number of hydrogen-bond donors (Lipinski definition) is 2. The number of carbonyl (C=O) groups is 1. The van der Waals surface area contributed by atoms with E-state index in [4.69, 9.17) is 4.74 Å². The lowest BCUT2D eigenvalue weighted by molar-refractivity contribution is -0.112. The van der Waals surface area contributed by atoms with Crippen LogP contribution in [0.25, 0.3) is 6.08 Å². The molecule has 0 aromatic heterocycles. The Hall–Kier alpha value is -2.78. The van der Waals surface area contributed by atoms with Gasteiger partial charge in [-0.3, -0.25) is 4.79 Å². The average Bonchev–Trinajstić information content (AvgIpc) is 2.56. The van der Waals surface area contributed by atoms with Crippen molar-refractivity contribution in [2.45, 2.75) is 6.92 Å². The first-order chi connectivity index (χ1) is 11.4. The number of nitriles is 1. The van der Waals surface area contributed by atoms with Gasteiger partial charge in [-0.15, -0.1) is 0 Å². The predicted molar refractivity (Wildman–Crippen MR) is 95.8 cm³/mol. The molecule has 24 heavy (non-hydrogen) atoms. The van der Waals surface area contributed by atoms with E-state index < -0.39 is 5.91 Å². The maximum absolute atomic E-state index is 12.3. The zero-order valence-corrected chi connectivity index (χ0v) is 14.7. The molecule has 0 saturated heterocycles. The lowest BCUT2D eigenvalue weighted by Crippen LogP contribution is -2.13. The van der Waals surface area contributed by atoms with Gasteiger partial charge >= 0.3 is 0 Å². The Balaban J connectivity index is 2.30. The summed E-state index contributed by atoms with van der Waals surface area (Å²) in [5, 5.41) is 21.7. The van der Waals surface area contributed by atoms with E-state index in [-0.39, 0.29) is 17.1 Å². The molecule has 5 nitrogen and oxygen atoms in total. The number of anilines is 1. The molecule has 6 heteroatoms. The summed E-state index contributed by atoms with van der Waals surface area (Å²) in [6, 6.07) is 12.1. The third-order valence-corrected chi connectivity index (χ3v) is 3.96. The summed E-state index contributed by atoms with van der Waals surface area (Å²) in [6.07, 6.45) is 1.43. The minimum Gasteiger partial charge on any atom is -0.504 e. The summed E-state index contributed by atoms with van der Waals surface area (Å²) in [7, 11) is 1.42. The highest BCUT2D eigenvalue weighted by Crippen LogP contribution is 2.33.